The number of para-hydroxylation sites is 1. The molecule has 12 heterocycles. The molecule has 0 N–H and O–H groups in total. The van der Waals surface area contributed by atoms with Crippen molar-refractivity contribution in [1.29, 1.82) is 0 Å². The summed E-state index contributed by atoms with van der Waals surface area (Å²) in [5.41, 5.74) is 42.7. The van der Waals surface area contributed by atoms with Crippen LogP contribution in [0.1, 0.15) is 104 Å². The Kier molecular flexibility index (Phi) is 21.2. The van der Waals surface area contributed by atoms with Gasteiger partial charge in [0.2, 0.25) is 5.88 Å². The van der Waals surface area contributed by atoms with E-state index in [0.717, 1.165) is 147 Å². The minimum atomic E-state index is -0.267. The molecule has 22 aromatic rings. The third kappa shape index (κ3) is 14.3. The summed E-state index contributed by atoms with van der Waals surface area (Å²) in [7, 11) is 0. The zero-order valence-corrected chi connectivity index (χ0v) is 81.0. The lowest BCUT2D eigenvalue weighted by Crippen LogP contribution is -2.20. The van der Waals surface area contributed by atoms with Gasteiger partial charge in [0, 0.05) is 184 Å². The van der Waals surface area contributed by atoms with E-state index in [4.69, 9.17) is 34.4 Å². The fourth-order valence-electron chi connectivity index (χ4n) is 21.9. The number of hydrogen-bond acceptors (Lipinski definition) is 14. The summed E-state index contributed by atoms with van der Waals surface area (Å²) in [6, 6.07) is 103. The molecule has 0 bridgehead atoms. The quantitative estimate of drug-likeness (QED) is 0.150. The smallest absolute Gasteiger partial charge is 0.246 e. The van der Waals surface area contributed by atoms with Gasteiger partial charge in [0.15, 0.2) is 0 Å². The highest BCUT2D eigenvalue weighted by Crippen LogP contribution is 2.61. The molecule has 5 aliphatic rings. The number of benzene rings is 13. The van der Waals surface area contributed by atoms with Crippen molar-refractivity contribution in [2.75, 3.05) is 0 Å². The number of thiazole rings is 1. The summed E-state index contributed by atoms with van der Waals surface area (Å²) in [5.74, 6) is 3.15. The lowest BCUT2D eigenvalue weighted by atomic mass is 9.75. The summed E-state index contributed by atoms with van der Waals surface area (Å²) in [6.07, 6.45) is 23.5. The normalized spacial score (nSPS) is 13.4. The molecule has 0 saturated carbocycles. The maximum Gasteiger partial charge on any atom is 0.246 e. The maximum atomic E-state index is 6.70. The highest BCUT2D eigenvalue weighted by molar-refractivity contribution is 7.23. The lowest BCUT2D eigenvalue weighted by Gasteiger charge is -2.28. The van der Waals surface area contributed by atoms with Crippen LogP contribution in [0.5, 0.6) is 23.1 Å². The molecule has 0 spiro atoms. The van der Waals surface area contributed by atoms with Gasteiger partial charge in [-0.3, -0.25) is 34.9 Å². The van der Waals surface area contributed by atoms with Crippen LogP contribution < -0.4 is 9.47 Å². The summed E-state index contributed by atoms with van der Waals surface area (Å²) in [5, 5.41) is 5.98. The molecule has 674 valence electrons. The number of thiophene rings is 1. The molecule has 15 heteroatoms. The van der Waals surface area contributed by atoms with Gasteiger partial charge in [-0.25, -0.2) is 15.0 Å². The summed E-state index contributed by atoms with van der Waals surface area (Å²) >= 11 is 3.67. The monoisotopic (exact) mass is 1850 g/mol. The van der Waals surface area contributed by atoms with E-state index >= 15 is 0 Å². The first-order chi connectivity index (χ1) is 68.4. The van der Waals surface area contributed by atoms with Crippen LogP contribution in [0.2, 0.25) is 0 Å². The molecule has 0 fully saturated rings. The molecule has 0 unspecified atom stereocenters. The number of ether oxygens (including phenoxy) is 2. The number of rotatable bonds is 7. The van der Waals surface area contributed by atoms with Crippen LogP contribution in [0.3, 0.4) is 0 Å². The fraction of sp³-hybridized carbons (Fsp3) is 0.120. The molecule has 13 nitrogen and oxygen atoms in total. The summed E-state index contributed by atoms with van der Waals surface area (Å²) in [4.78, 5) is 48.3. The first kappa shape index (κ1) is 86.4. The van der Waals surface area contributed by atoms with Gasteiger partial charge >= 0.3 is 0 Å². The Morgan fingerprint density at radius 2 is 0.950 bits per heavy atom. The number of aliphatic imine (C=N–C) groups is 1. The molecule has 0 radical (unpaired) electrons. The Morgan fingerprint density at radius 3 is 1.66 bits per heavy atom. The van der Waals surface area contributed by atoms with Gasteiger partial charge in [-0.2, -0.15) is 0 Å². The van der Waals surface area contributed by atoms with Crippen LogP contribution in [0, 0.1) is 27.7 Å². The van der Waals surface area contributed by atoms with Gasteiger partial charge in [-0.1, -0.05) is 279 Å². The van der Waals surface area contributed by atoms with Gasteiger partial charge in [-0.05, 0) is 206 Å². The van der Waals surface area contributed by atoms with E-state index in [1.807, 2.05) is 90.3 Å². The van der Waals surface area contributed by atoms with E-state index in [1.165, 1.54) is 130 Å². The van der Waals surface area contributed by atoms with Crippen molar-refractivity contribution in [3.05, 3.63) is 415 Å². The summed E-state index contributed by atoms with van der Waals surface area (Å²) in [6.45, 7) is 24.5. The second-order valence-electron chi connectivity index (χ2n) is 38.2. The standard InChI is InChI=1S/C35H28N2S.C31H22N4S.C30H21N3O.C29H24N2O/c1-4-30-37-29-18-17-27-32-25(23-13-9-6-10-14-23)16-15-24(22-11-7-5-8-12-22)31(32)26-19-20-36-21-28(26)35(2,3)33(27)34(29)38-30;1-31(2)24-10-4-3-9-21(24)27-28(35-16-15-34-27)23-12-11-22-25(19-7-5-13-32-17-19)29(36-30(22)26(23)31)20-8-6-14-33-18-20;1-18-19(2)33(22-12-11-20-7-3-4-8-21(20)17-22)26-14-13-25-23-9-5-6-10-24(23)28-30(32-16-15-31-28)34-29(25)27(18)26;1-17-13-18(2)26(30-15-17)23-14-22-20-10-6-5-9-19(20)21-11-7-8-12-24(21)32-28(22)25-27(23)31-16-29(25,3)4/h5-21H,4H2,1-3H3;3-18H,1-2H3;3-17H,1-2H3;5-16H,1-4H3. The van der Waals surface area contributed by atoms with Crippen molar-refractivity contribution >= 4 is 76.6 Å². The highest BCUT2D eigenvalue weighted by atomic mass is 32.1. The van der Waals surface area contributed by atoms with Crippen LogP contribution in [0.4, 0.5) is 5.69 Å². The fourth-order valence-corrected chi connectivity index (χ4v) is 24.7. The molecule has 9 aromatic heterocycles. The van der Waals surface area contributed by atoms with Gasteiger partial charge in [-0.15, -0.1) is 22.7 Å². The Hall–Kier alpha value is -16.5. The van der Waals surface area contributed by atoms with E-state index in [2.05, 4.69) is 379 Å². The van der Waals surface area contributed by atoms with Crippen LogP contribution in [-0.4, -0.2) is 55.6 Å². The first-order valence-electron chi connectivity index (χ1n) is 47.6. The molecule has 0 atom stereocenters. The van der Waals surface area contributed by atoms with E-state index in [0.29, 0.717) is 5.88 Å². The molecule has 13 aromatic carbocycles. The second kappa shape index (κ2) is 34.4. The van der Waals surface area contributed by atoms with Crippen molar-refractivity contribution in [2.45, 2.75) is 98.8 Å². The minimum Gasteiger partial charge on any atom is -0.456 e. The average Bonchev–Trinajstić information content (AvgIpc) is 1.56. The third-order valence-electron chi connectivity index (χ3n) is 28.5. The van der Waals surface area contributed by atoms with E-state index in [-0.39, 0.29) is 16.2 Å². The van der Waals surface area contributed by atoms with Crippen LogP contribution in [0.25, 0.3) is 192 Å². The van der Waals surface area contributed by atoms with Crippen molar-refractivity contribution in [3.8, 4) is 173 Å². The van der Waals surface area contributed by atoms with Crippen LogP contribution in [0.15, 0.2) is 364 Å². The SMILES string of the molecule is CC1(C)c2ccccc2-c2nccnc2-c2ccc3c(-c4cccnc4)c(-c4cccnc4)sc3c21.CCc1nc2ccc3c(c2s1)C(C)(C)c1cnccc1-c1c(-c2ccccc2)ccc(-c2ccccc2)c1-3.Cc1c(C)n(-c2ccc3ccccc3c2)c2ccc3c(c12)Oc1nccnc1-c1ccccc1-3.Cc1cnc(-c2cc3c(c4c2N=CC4(C)C)Oc2ccccc2-c2ccccc2-3)c(C)c1. The molecule has 0 amide bonds. The van der Waals surface area contributed by atoms with Crippen molar-refractivity contribution in [3.63, 3.8) is 0 Å². The minimum absolute atomic E-state index is 0.248. The van der Waals surface area contributed by atoms with Crippen molar-refractivity contribution in [1.82, 2.24) is 49.4 Å². The Labute approximate surface area is 821 Å². The van der Waals surface area contributed by atoms with Gasteiger partial charge in [0.1, 0.15) is 22.9 Å². The zero-order chi connectivity index (χ0) is 95.0. The van der Waals surface area contributed by atoms with E-state index in [9.17, 15) is 0 Å². The Balaban J connectivity index is 0.000000101. The molecule has 140 heavy (non-hydrogen) atoms. The predicted octanol–water partition coefficient (Wildman–Crippen LogP) is 32.8. The highest BCUT2D eigenvalue weighted by Gasteiger charge is 2.42. The molecular formula is C125H95N11O2S2. The molecule has 3 aliphatic heterocycles. The van der Waals surface area contributed by atoms with Gasteiger partial charge in [0.25, 0.3) is 0 Å². The molecular weight excluding hydrogens is 1750 g/mol. The van der Waals surface area contributed by atoms with Crippen LogP contribution in [-0.2, 0) is 22.7 Å². The lowest BCUT2D eigenvalue weighted by molar-refractivity contribution is 0.471. The van der Waals surface area contributed by atoms with Crippen molar-refractivity contribution in [2.24, 2.45) is 4.99 Å². The summed E-state index contributed by atoms with van der Waals surface area (Å²) < 4.78 is 18.2. The first-order valence-corrected chi connectivity index (χ1v) is 49.3. The Bertz CT molecular complexity index is 8820. The van der Waals surface area contributed by atoms with Gasteiger partial charge in [0.05, 0.1) is 43.5 Å². The number of nitrogens with zero attached hydrogens (tertiary/aromatic N) is 11. The zero-order valence-electron chi connectivity index (χ0n) is 79.4. The number of hydrogen-bond donors (Lipinski definition) is 0. The average molecular weight is 1850 g/mol. The van der Waals surface area contributed by atoms with Crippen molar-refractivity contribution < 1.29 is 9.47 Å². The van der Waals surface area contributed by atoms with Gasteiger partial charge < -0.3 is 14.0 Å². The topological polar surface area (TPSA) is 152 Å². The maximum absolute atomic E-state index is 6.70. The van der Waals surface area contributed by atoms with Crippen LogP contribution >= 0.6 is 22.7 Å². The Morgan fingerprint density at radius 1 is 0.364 bits per heavy atom. The predicted molar refractivity (Wildman–Crippen MR) is 576 cm³/mol. The third-order valence-corrected chi connectivity index (χ3v) is 31.1. The molecule has 27 rings (SSSR count). The molecule has 2 aliphatic carbocycles. The number of aromatic nitrogens is 10. The van der Waals surface area contributed by atoms with E-state index < -0.39 is 0 Å². The largest absolute Gasteiger partial charge is 0.456 e. The van der Waals surface area contributed by atoms with E-state index in [1.54, 1.807) is 24.8 Å². The number of pyridine rings is 4. The second-order valence-corrected chi connectivity index (χ2v) is 40.3. The molecule has 0 saturated heterocycles. The number of aryl methyl sites for hydroxylation is 4. The number of fused-ring (bicyclic) bond motifs is 29.